The second-order valence-corrected chi connectivity index (χ2v) is 7.84. The molecule has 0 spiro atoms. The quantitative estimate of drug-likeness (QED) is 0.450. The highest BCUT2D eigenvalue weighted by Gasteiger charge is 2.29. The van der Waals surface area contributed by atoms with Gasteiger partial charge in [-0.2, -0.15) is 0 Å². The fourth-order valence-corrected chi connectivity index (χ4v) is 3.49. The van der Waals surface area contributed by atoms with Crippen molar-refractivity contribution in [1.29, 1.82) is 0 Å². The lowest BCUT2D eigenvalue weighted by atomic mass is 10.3. The Morgan fingerprint density at radius 3 is 2.57 bits per heavy atom. The first kappa shape index (κ1) is 20.3. The van der Waals surface area contributed by atoms with Crippen LogP contribution in [0.1, 0.15) is 6.92 Å². The first-order valence-corrected chi connectivity index (χ1v) is 9.73. The van der Waals surface area contributed by atoms with Crippen molar-refractivity contribution in [3.8, 4) is 11.4 Å². The molecule has 0 fully saturated rings. The van der Waals surface area contributed by atoms with E-state index in [2.05, 4.69) is 10.6 Å². The molecule has 1 heterocycles. The largest absolute Gasteiger partial charge is 0.497 e. The van der Waals surface area contributed by atoms with E-state index in [0.29, 0.717) is 27.2 Å². The number of anilines is 1. The Labute approximate surface area is 174 Å². The number of thioether (sulfide) groups is 1. The number of aromatic amines is 1. The number of hydrogen-bond donors (Lipinski definition) is 2. The van der Waals surface area contributed by atoms with Gasteiger partial charge in [0.1, 0.15) is 5.75 Å². The maximum Gasteiger partial charge on any atom is 0.442 e. The van der Waals surface area contributed by atoms with E-state index in [4.69, 9.17) is 32.5 Å². The highest BCUT2D eigenvalue weighted by atomic mass is 35.5. The van der Waals surface area contributed by atoms with Crippen molar-refractivity contribution in [2.24, 2.45) is 0 Å². The molecule has 28 heavy (non-hydrogen) atoms. The van der Waals surface area contributed by atoms with Crippen molar-refractivity contribution >= 4 is 46.6 Å². The van der Waals surface area contributed by atoms with E-state index < -0.39 is 10.9 Å². The topological polar surface area (TPSA) is 88.2 Å². The number of rotatable bonds is 6. The number of aromatic nitrogens is 2. The highest BCUT2D eigenvalue weighted by molar-refractivity contribution is 8.00. The monoisotopic (exact) mass is 440 g/mol. The lowest BCUT2D eigenvalue weighted by Crippen LogP contribution is -2.37. The van der Waals surface area contributed by atoms with Crippen molar-refractivity contribution in [1.82, 2.24) is 5.27 Å². The van der Waals surface area contributed by atoms with E-state index in [1.807, 2.05) is 0 Å². The number of carbonyl (C=O) groups is 1. The van der Waals surface area contributed by atoms with Crippen LogP contribution in [-0.4, -0.2) is 23.5 Å². The summed E-state index contributed by atoms with van der Waals surface area (Å²) >= 11 is 12.9. The summed E-state index contributed by atoms with van der Waals surface area (Å²) in [5.74, 6) is 0.379. The molecule has 1 aromatic heterocycles. The zero-order valence-electron chi connectivity index (χ0n) is 14.9. The van der Waals surface area contributed by atoms with Crippen LogP contribution in [0, 0.1) is 0 Å². The van der Waals surface area contributed by atoms with Crippen LogP contribution in [0.2, 0.25) is 10.0 Å². The standard InChI is InChI=1S/C18H15Cl2N3O4S/c1-10(16(24)21-11-3-8-14(19)15(20)9-11)28-17-18(25)27-22-23(17)12-4-6-13(26-2)7-5-12/h3-10H,1-2H3,(H-,21,22,24,25)/p+1. The Morgan fingerprint density at radius 1 is 1.21 bits per heavy atom. The summed E-state index contributed by atoms with van der Waals surface area (Å²) in [6.45, 7) is 1.68. The molecule has 10 heteroatoms. The van der Waals surface area contributed by atoms with Gasteiger partial charge >= 0.3 is 10.7 Å². The highest BCUT2D eigenvalue weighted by Crippen LogP contribution is 2.26. The third-order valence-electron chi connectivity index (χ3n) is 3.78. The molecular formula is C18H16Cl2N3O4S+. The fraction of sp³-hybridized carbons (Fsp3) is 0.167. The van der Waals surface area contributed by atoms with Crippen molar-refractivity contribution < 1.29 is 18.7 Å². The lowest BCUT2D eigenvalue weighted by molar-refractivity contribution is -0.704. The molecule has 146 valence electrons. The van der Waals surface area contributed by atoms with Crippen LogP contribution < -0.4 is 20.4 Å². The summed E-state index contributed by atoms with van der Waals surface area (Å²) in [5.41, 5.74) is 0.595. The molecular weight excluding hydrogens is 425 g/mol. The molecule has 0 aliphatic heterocycles. The third kappa shape index (κ3) is 4.52. The fourth-order valence-electron chi connectivity index (χ4n) is 2.30. The molecule has 2 aromatic carbocycles. The molecule has 3 rings (SSSR count). The molecule has 0 aliphatic carbocycles. The van der Waals surface area contributed by atoms with E-state index in [9.17, 15) is 9.59 Å². The Bertz CT molecular complexity index is 1050. The first-order chi connectivity index (χ1) is 13.4. The number of halogens is 2. The summed E-state index contributed by atoms with van der Waals surface area (Å²) in [4.78, 5) is 24.6. The number of nitrogens with zero attached hydrogens (tertiary/aromatic N) is 1. The van der Waals surface area contributed by atoms with Crippen LogP contribution in [-0.2, 0) is 4.79 Å². The van der Waals surface area contributed by atoms with E-state index in [0.717, 1.165) is 11.8 Å². The van der Waals surface area contributed by atoms with Gasteiger partial charge in [-0.15, -0.1) is 0 Å². The molecule has 0 saturated carbocycles. The number of amides is 1. The Kier molecular flexibility index (Phi) is 6.33. The maximum atomic E-state index is 12.5. The van der Waals surface area contributed by atoms with Gasteiger partial charge in [0.2, 0.25) is 11.6 Å². The number of hydrogen-bond acceptors (Lipinski definition) is 5. The predicted molar refractivity (Wildman–Crippen MR) is 108 cm³/mol. The van der Waals surface area contributed by atoms with Gasteiger partial charge < -0.3 is 10.1 Å². The lowest BCUT2D eigenvalue weighted by Gasteiger charge is -2.10. The molecule has 0 bridgehead atoms. The summed E-state index contributed by atoms with van der Waals surface area (Å²) in [6.07, 6.45) is 0. The smallest absolute Gasteiger partial charge is 0.442 e. The Morgan fingerprint density at radius 2 is 1.93 bits per heavy atom. The second kappa shape index (κ2) is 8.72. The number of methoxy groups -OCH3 is 1. The van der Waals surface area contributed by atoms with Gasteiger partial charge in [-0.25, -0.2) is 4.79 Å². The summed E-state index contributed by atoms with van der Waals surface area (Å²) in [6, 6.07) is 11.8. The van der Waals surface area contributed by atoms with Gasteiger partial charge in [-0.1, -0.05) is 23.2 Å². The van der Waals surface area contributed by atoms with Crippen LogP contribution in [0.25, 0.3) is 5.69 Å². The maximum absolute atomic E-state index is 12.5. The number of ether oxygens (including phenoxy) is 1. The van der Waals surface area contributed by atoms with Crippen molar-refractivity contribution in [2.45, 2.75) is 17.2 Å². The van der Waals surface area contributed by atoms with Gasteiger partial charge in [0.15, 0.2) is 0 Å². The molecule has 0 saturated heterocycles. The molecule has 0 radical (unpaired) electrons. The van der Waals surface area contributed by atoms with Crippen molar-refractivity contribution in [3.63, 3.8) is 0 Å². The van der Waals surface area contributed by atoms with Gasteiger partial charge in [-0.3, -0.25) is 9.32 Å². The molecule has 3 aromatic rings. The predicted octanol–water partition coefficient (Wildman–Crippen LogP) is 3.68. The number of H-pyrrole nitrogens is 1. The van der Waals surface area contributed by atoms with E-state index in [1.54, 1.807) is 56.5 Å². The van der Waals surface area contributed by atoms with Gasteiger partial charge in [0.05, 0.1) is 22.4 Å². The normalized spacial score (nSPS) is 11.9. The van der Waals surface area contributed by atoms with Crippen LogP contribution in [0.5, 0.6) is 5.75 Å². The van der Waals surface area contributed by atoms with Gasteiger partial charge in [-0.05, 0) is 59.0 Å². The minimum atomic E-state index is -0.586. The minimum Gasteiger partial charge on any atom is -0.497 e. The van der Waals surface area contributed by atoms with E-state index in [-0.39, 0.29) is 10.9 Å². The SMILES string of the molecule is COc1ccc(-[n+]2[nH]oc(=O)c2SC(C)C(=O)Nc2ccc(Cl)c(Cl)c2)cc1. The zero-order valence-corrected chi connectivity index (χ0v) is 17.2. The molecule has 7 nitrogen and oxygen atoms in total. The summed E-state index contributed by atoms with van der Waals surface area (Å²) < 4.78 is 11.5. The van der Waals surface area contributed by atoms with E-state index >= 15 is 0 Å². The second-order valence-electron chi connectivity index (χ2n) is 5.70. The zero-order chi connectivity index (χ0) is 20.3. The number of nitrogens with one attached hydrogen (secondary N) is 2. The van der Waals surface area contributed by atoms with Gasteiger partial charge in [0, 0.05) is 17.8 Å². The summed E-state index contributed by atoms with van der Waals surface area (Å²) in [7, 11) is 1.57. The molecule has 1 unspecified atom stereocenters. The molecule has 1 atom stereocenters. The van der Waals surface area contributed by atoms with Crippen LogP contribution in [0.4, 0.5) is 5.69 Å². The average Bonchev–Trinajstić information content (AvgIpc) is 3.05. The number of carbonyl (C=O) groups excluding carboxylic acids is 1. The van der Waals surface area contributed by atoms with Crippen LogP contribution >= 0.6 is 35.0 Å². The van der Waals surface area contributed by atoms with Crippen molar-refractivity contribution in [3.05, 3.63) is 62.9 Å². The van der Waals surface area contributed by atoms with E-state index in [1.165, 1.54) is 4.68 Å². The Balaban J connectivity index is 1.77. The van der Waals surface area contributed by atoms with Crippen LogP contribution in [0.15, 0.2) is 56.8 Å². The summed E-state index contributed by atoms with van der Waals surface area (Å²) in [5, 5.41) is 5.67. The first-order valence-electron chi connectivity index (χ1n) is 8.09. The minimum absolute atomic E-state index is 0.238. The van der Waals surface area contributed by atoms with Gasteiger partial charge in [0.25, 0.3) is 0 Å². The number of benzene rings is 2. The third-order valence-corrected chi connectivity index (χ3v) is 5.66. The van der Waals surface area contributed by atoms with Crippen molar-refractivity contribution in [2.75, 3.05) is 12.4 Å². The molecule has 1 amide bonds. The molecule has 0 aliphatic rings. The average molecular weight is 441 g/mol. The van der Waals surface area contributed by atoms with Crippen LogP contribution in [0.3, 0.4) is 0 Å². The Hall–Kier alpha value is -2.42. The molecule has 2 N–H and O–H groups in total.